The lowest BCUT2D eigenvalue weighted by Gasteiger charge is -2.13. The molecular formula is C15H13Br2FO2. The SMILES string of the molecule is COc1ccc(CC(O)c2ccc(Br)c(Br)c2)cc1F. The van der Waals surface area contributed by atoms with E-state index in [4.69, 9.17) is 4.74 Å². The van der Waals surface area contributed by atoms with Crippen LogP contribution in [-0.4, -0.2) is 12.2 Å². The van der Waals surface area contributed by atoms with E-state index in [0.717, 1.165) is 20.1 Å². The van der Waals surface area contributed by atoms with Gasteiger partial charge in [0.15, 0.2) is 11.6 Å². The highest BCUT2D eigenvalue weighted by molar-refractivity contribution is 9.13. The van der Waals surface area contributed by atoms with Gasteiger partial charge in [-0.1, -0.05) is 12.1 Å². The van der Waals surface area contributed by atoms with Crippen LogP contribution in [-0.2, 0) is 6.42 Å². The number of hydrogen-bond acceptors (Lipinski definition) is 2. The molecule has 0 spiro atoms. The van der Waals surface area contributed by atoms with Gasteiger partial charge in [-0.3, -0.25) is 0 Å². The zero-order valence-corrected chi connectivity index (χ0v) is 13.9. The third-order valence-electron chi connectivity index (χ3n) is 2.97. The molecule has 0 aromatic heterocycles. The van der Waals surface area contributed by atoms with Crippen molar-refractivity contribution in [2.75, 3.05) is 7.11 Å². The highest BCUT2D eigenvalue weighted by atomic mass is 79.9. The summed E-state index contributed by atoms with van der Waals surface area (Å²) in [6, 6.07) is 10.2. The first kappa shape index (κ1) is 15.5. The molecule has 2 rings (SSSR count). The lowest BCUT2D eigenvalue weighted by molar-refractivity contribution is 0.178. The molecule has 2 aromatic rings. The van der Waals surface area contributed by atoms with Gasteiger partial charge in [0.05, 0.1) is 13.2 Å². The van der Waals surface area contributed by atoms with Crippen LogP contribution < -0.4 is 4.74 Å². The van der Waals surface area contributed by atoms with Crippen molar-refractivity contribution in [3.8, 4) is 5.75 Å². The zero-order valence-electron chi connectivity index (χ0n) is 10.7. The van der Waals surface area contributed by atoms with E-state index in [1.54, 1.807) is 12.1 Å². The molecule has 1 atom stereocenters. The molecule has 106 valence electrons. The van der Waals surface area contributed by atoms with E-state index in [9.17, 15) is 9.50 Å². The fraction of sp³-hybridized carbons (Fsp3) is 0.200. The summed E-state index contributed by atoms with van der Waals surface area (Å²) in [5.41, 5.74) is 1.49. The van der Waals surface area contributed by atoms with Crippen LogP contribution >= 0.6 is 31.9 Å². The minimum Gasteiger partial charge on any atom is -0.494 e. The van der Waals surface area contributed by atoms with Gasteiger partial charge in [0.1, 0.15) is 0 Å². The summed E-state index contributed by atoms with van der Waals surface area (Å²) in [4.78, 5) is 0. The van der Waals surface area contributed by atoms with Gasteiger partial charge in [-0.25, -0.2) is 4.39 Å². The molecule has 0 amide bonds. The molecule has 0 saturated carbocycles. The van der Waals surface area contributed by atoms with Crippen LogP contribution in [0, 0.1) is 5.82 Å². The van der Waals surface area contributed by atoms with E-state index >= 15 is 0 Å². The van der Waals surface area contributed by atoms with Crippen LogP contribution in [0.2, 0.25) is 0 Å². The lowest BCUT2D eigenvalue weighted by atomic mass is 10.0. The first-order valence-electron chi connectivity index (χ1n) is 5.96. The van der Waals surface area contributed by atoms with E-state index in [-0.39, 0.29) is 5.75 Å². The van der Waals surface area contributed by atoms with Crippen LogP contribution in [0.4, 0.5) is 4.39 Å². The average molecular weight is 404 g/mol. The Morgan fingerprint density at radius 2 is 1.90 bits per heavy atom. The van der Waals surface area contributed by atoms with Crippen molar-refractivity contribution in [3.05, 3.63) is 62.3 Å². The summed E-state index contributed by atoms with van der Waals surface area (Å²) in [7, 11) is 1.42. The third kappa shape index (κ3) is 3.59. The van der Waals surface area contributed by atoms with Gasteiger partial charge in [0.25, 0.3) is 0 Å². The smallest absolute Gasteiger partial charge is 0.165 e. The minimum absolute atomic E-state index is 0.203. The number of halogens is 3. The van der Waals surface area contributed by atoms with Gasteiger partial charge in [-0.05, 0) is 67.3 Å². The Kier molecular flexibility index (Phi) is 5.18. The summed E-state index contributed by atoms with van der Waals surface area (Å²) in [5, 5.41) is 10.2. The summed E-state index contributed by atoms with van der Waals surface area (Å²) in [6.07, 6.45) is -0.346. The molecule has 2 nitrogen and oxygen atoms in total. The van der Waals surface area contributed by atoms with Crippen LogP contribution in [0.3, 0.4) is 0 Å². The first-order chi connectivity index (χ1) is 9.51. The molecule has 0 saturated heterocycles. The van der Waals surface area contributed by atoms with E-state index in [1.807, 2.05) is 18.2 Å². The number of benzene rings is 2. The predicted octanol–water partition coefficient (Wildman–Crippen LogP) is 4.64. The molecule has 0 aliphatic rings. The average Bonchev–Trinajstić information content (AvgIpc) is 2.42. The minimum atomic E-state index is -0.688. The quantitative estimate of drug-likeness (QED) is 0.805. The van der Waals surface area contributed by atoms with Crippen LogP contribution in [0.5, 0.6) is 5.75 Å². The Labute approximate surface area is 133 Å². The monoisotopic (exact) mass is 402 g/mol. The summed E-state index contributed by atoms with van der Waals surface area (Å²) in [5.74, 6) is -0.219. The topological polar surface area (TPSA) is 29.5 Å². The number of hydrogen-bond donors (Lipinski definition) is 1. The second kappa shape index (κ2) is 6.70. The van der Waals surface area contributed by atoms with Crippen molar-refractivity contribution in [1.82, 2.24) is 0 Å². The molecule has 0 heterocycles. The molecule has 1 N–H and O–H groups in total. The van der Waals surface area contributed by atoms with E-state index in [2.05, 4.69) is 31.9 Å². The van der Waals surface area contributed by atoms with Crippen molar-refractivity contribution in [2.24, 2.45) is 0 Å². The largest absolute Gasteiger partial charge is 0.494 e. The molecule has 5 heteroatoms. The Bertz CT molecular complexity index is 617. The Balaban J connectivity index is 2.16. The van der Waals surface area contributed by atoms with Gasteiger partial charge in [0.2, 0.25) is 0 Å². The van der Waals surface area contributed by atoms with Crippen molar-refractivity contribution >= 4 is 31.9 Å². The van der Waals surface area contributed by atoms with Crippen molar-refractivity contribution < 1.29 is 14.2 Å². The van der Waals surface area contributed by atoms with E-state index in [1.165, 1.54) is 13.2 Å². The van der Waals surface area contributed by atoms with E-state index < -0.39 is 11.9 Å². The second-order valence-electron chi connectivity index (χ2n) is 4.36. The van der Waals surface area contributed by atoms with Gasteiger partial charge in [-0.15, -0.1) is 0 Å². The highest BCUT2D eigenvalue weighted by Crippen LogP contribution is 2.28. The number of rotatable bonds is 4. The summed E-state index contributed by atoms with van der Waals surface area (Å²) >= 11 is 6.77. The number of methoxy groups -OCH3 is 1. The molecule has 0 aliphatic heterocycles. The first-order valence-corrected chi connectivity index (χ1v) is 7.55. The van der Waals surface area contributed by atoms with Gasteiger partial charge >= 0.3 is 0 Å². The molecule has 20 heavy (non-hydrogen) atoms. The van der Waals surface area contributed by atoms with Gasteiger partial charge in [0, 0.05) is 15.4 Å². The maximum absolute atomic E-state index is 13.6. The second-order valence-corrected chi connectivity index (χ2v) is 6.07. The lowest BCUT2D eigenvalue weighted by Crippen LogP contribution is -2.02. The fourth-order valence-electron chi connectivity index (χ4n) is 1.90. The standard InChI is InChI=1S/C15H13Br2FO2/c1-20-15-5-2-9(6-13(15)18)7-14(19)10-3-4-11(16)12(17)8-10/h2-6,8,14,19H,7H2,1H3. The van der Waals surface area contributed by atoms with Crippen LogP contribution in [0.25, 0.3) is 0 Å². The molecule has 0 radical (unpaired) electrons. The number of aliphatic hydroxyl groups excluding tert-OH is 1. The predicted molar refractivity (Wildman–Crippen MR) is 83.5 cm³/mol. The van der Waals surface area contributed by atoms with Gasteiger partial charge < -0.3 is 9.84 Å². The van der Waals surface area contributed by atoms with Crippen LogP contribution in [0.15, 0.2) is 45.3 Å². The fourth-order valence-corrected chi connectivity index (χ4v) is 2.54. The van der Waals surface area contributed by atoms with Crippen LogP contribution in [0.1, 0.15) is 17.2 Å². The third-order valence-corrected chi connectivity index (χ3v) is 4.85. The number of ether oxygens (including phenoxy) is 1. The molecule has 0 fully saturated rings. The maximum atomic E-state index is 13.6. The molecule has 1 unspecified atom stereocenters. The summed E-state index contributed by atoms with van der Waals surface area (Å²) < 4.78 is 20.3. The molecule has 0 bridgehead atoms. The Morgan fingerprint density at radius 1 is 1.15 bits per heavy atom. The summed E-state index contributed by atoms with van der Waals surface area (Å²) in [6.45, 7) is 0. The zero-order chi connectivity index (χ0) is 14.7. The number of aliphatic hydroxyl groups is 1. The van der Waals surface area contributed by atoms with Crippen molar-refractivity contribution in [2.45, 2.75) is 12.5 Å². The van der Waals surface area contributed by atoms with E-state index in [0.29, 0.717) is 6.42 Å². The highest BCUT2D eigenvalue weighted by Gasteiger charge is 2.12. The Hall–Kier alpha value is -0.910. The van der Waals surface area contributed by atoms with Crippen molar-refractivity contribution in [1.29, 1.82) is 0 Å². The molecule has 2 aromatic carbocycles. The van der Waals surface area contributed by atoms with Gasteiger partial charge in [-0.2, -0.15) is 0 Å². The Morgan fingerprint density at radius 3 is 2.50 bits per heavy atom. The molecular weight excluding hydrogens is 391 g/mol. The molecule has 0 aliphatic carbocycles. The maximum Gasteiger partial charge on any atom is 0.165 e. The normalized spacial score (nSPS) is 12.2. The van der Waals surface area contributed by atoms with Crippen molar-refractivity contribution in [3.63, 3.8) is 0 Å².